The van der Waals surface area contributed by atoms with E-state index in [1.54, 1.807) is 12.1 Å². The van der Waals surface area contributed by atoms with Gasteiger partial charge in [-0.05, 0) is 48.9 Å². The van der Waals surface area contributed by atoms with E-state index in [2.05, 4.69) is 0 Å². The molecule has 4 heteroatoms. The van der Waals surface area contributed by atoms with Gasteiger partial charge >= 0.3 is 0 Å². The predicted molar refractivity (Wildman–Crippen MR) is 60.7 cm³/mol. The van der Waals surface area contributed by atoms with Crippen molar-refractivity contribution in [1.82, 2.24) is 0 Å². The van der Waals surface area contributed by atoms with E-state index < -0.39 is 0 Å². The Hall–Kier alpha value is -1.42. The predicted octanol–water partition coefficient (Wildman–Crippen LogP) is 1.39. The number of hydrogen-bond donors (Lipinski definition) is 3. The molecule has 0 bridgehead atoms. The van der Waals surface area contributed by atoms with Crippen LogP contribution in [0, 0.1) is 5.41 Å². The van der Waals surface area contributed by atoms with Crippen molar-refractivity contribution in [2.75, 3.05) is 13.7 Å². The van der Waals surface area contributed by atoms with Crippen LogP contribution in [0.25, 0.3) is 0 Å². The number of phenolic OH excluding ortho intramolecular Hbond substituents is 2. The quantitative estimate of drug-likeness (QED) is 0.674. The summed E-state index contributed by atoms with van der Waals surface area (Å²) >= 11 is 0. The highest BCUT2D eigenvalue weighted by molar-refractivity contribution is 5.52. The minimum atomic E-state index is -0.205. The summed E-state index contributed by atoms with van der Waals surface area (Å²) < 4.78 is 4.99. The van der Waals surface area contributed by atoms with Crippen LogP contribution in [0.5, 0.6) is 17.2 Å². The maximum atomic E-state index is 9.54. The molecule has 0 aliphatic heterocycles. The minimum Gasteiger partial charge on any atom is -0.504 e. The Morgan fingerprint density at radius 3 is 2.56 bits per heavy atom. The molecule has 1 aliphatic carbocycles. The topological polar surface area (TPSA) is 75.7 Å². The van der Waals surface area contributed by atoms with Crippen LogP contribution >= 0.6 is 0 Å². The molecule has 0 radical (unpaired) electrons. The lowest BCUT2D eigenvalue weighted by atomic mass is 9.96. The number of ether oxygens (including phenoxy) is 1. The first-order valence-electron chi connectivity index (χ1n) is 5.39. The maximum absolute atomic E-state index is 9.54. The summed E-state index contributed by atoms with van der Waals surface area (Å²) in [5, 5.41) is 19.0. The lowest BCUT2D eigenvalue weighted by Crippen LogP contribution is -2.17. The van der Waals surface area contributed by atoms with E-state index in [4.69, 9.17) is 10.5 Å². The number of benzene rings is 1. The molecule has 1 saturated carbocycles. The number of rotatable bonds is 4. The van der Waals surface area contributed by atoms with Crippen molar-refractivity contribution >= 4 is 0 Å². The molecule has 16 heavy (non-hydrogen) atoms. The molecular weight excluding hydrogens is 206 g/mol. The number of methoxy groups -OCH3 is 1. The highest BCUT2D eigenvalue weighted by Gasteiger charge is 2.41. The average molecular weight is 223 g/mol. The number of hydrogen-bond acceptors (Lipinski definition) is 4. The number of aromatic hydroxyl groups is 2. The molecule has 88 valence electrons. The van der Waals surface area contributed by atoms with E-state index in [0.717, 1.165) is 24.8 Å². The summed E-state index contributed by atoms with van der Waals surface area (Å²) in [6, 6.07) is 3.33. The summed E-state index contributed by atoms with van der Waals surface area (Å²) in [5.74, 6) is -0.0335. The van der Waals surface area contributed by atoms with Crippen molar-refractivity contribution in [3.63, 3.8) is 0 Å². The molecule has 0 spiro atoms. The van der Waals surface area contributed by atoms with E-state index in [9.17, 15) is 10.2 Å². The van der Waals surface area contributed by atoms with Gasteiger partial charge in [0.15, 0.2) is 11.5 Å². The second kappa shape index (κ2) is 3.87. The van der Waals surface area contributed by atoms with Crippen LogP contribution in [0.1, 0.15) is 18.4 Å². The van der Waals surface area contributed by atoms with Crippen LogP contribution in [0.4, 0.5) is 0 Å². The molecule has 1 fully saturated rings. The third-order valence-electron chi connectivity index (χ3n) is 3.30. The van der Waals surface area contributed by atoms with Crippen LogP contribution in [-0.4, -0.2) is 23.9 Å². The average Bonchev–Trinajstić information content (AvgIpc) is 3.04. The normalized spacial score (nSPS) is 17.1. The molecule has 1 aromatic rings. The summed E-state index contributed by atoms with van der Waals surface area (Å²) in [6.45, 7) is 0.664. The summed E-state index contributed by atoms with van der Waals surface area (Å²) in [7, 11) is 1.47. The molecule has 1 aliphatic rings. The molecule has 0 aromatic heterocycles. The van der Waals surface area contributed by atoms with Crippen molar-refractivity contribution in [3.05, 3.63) is 17.7 Å². The van der Waals surface area contributed by atoms with Crippen LogP contribution in [0.15, 0.2) is 12.1 Å². The molecule has 4 N–H and O–H groups in total. The Kier molecular flexibility index (Phi) is 2.68. The Morgan fingerprint density at radius 1 is 1.38 bits per heavy atom. The molecule has 4 nitrogen and oxygen atoms in total. The highest BCUT2D eigenvalue weighted by Crippen LogP contribution is 2.48. The zero-order valence-corrected chi connectivity index (χ0v) is 9.36. The third-order valence-corrected chi connectivity index (χ3v) is 3.30. The van der Waals surface area contributed by atoms with Crippen LogP contribution < -0.4 is 10.5 Å². The van der Waals surface area contributed by atoms with E-state index >= 15 is 0 Å². The first-order valence-corrected chi connectivity index (χ1v) is 5.39. The lowest BCUT2D eigenvalue weighted by Gasteiger charge is -2.14. The third kappa shape index (κ3) is 1.93. The van der Waals surface area contributed by atoms with Crippen molar-refractivity contribution < 1.29 is 14.9 Å². The van der Waals surface area contributed by atoms with Crippen LogP contribution in [0.3, 0.4) is 0 Å². The molecule has 0 saturated heterocycles. The Balaban J connectivity index is 2.25. The van der Waals surface area contributed by atoms with Gasteiger partial charge in [0, 0.05) is 0 Å². The SMILES string of the molecule is COc1cc(CC2(CN)CC2)cc(O)c1O. The fourth-order valence-electron chi connectivity index (χ4n) is 1.97. The Labute approximate surface area is 94.7 Å². The van der Waals surface area contributed by atoms with Gasteiger partial charge in [0.25, 0.3) is 0 Å². The summed E-state index contributed by atoms with van der Waals surface area (Å²) in [6.07, 6.45) is 3.09. The van der Waals surface area contributed by atoms with E-state index in [1.165, 1.54) is 7.11 Å². The fraction of sp³-hybridized carbons (Fsp3) is 0.500. The van der Waals surface area contributed by atoms with Crippen molar-refractivity contribution in [2.45, 2.75) is 19.3 Å². The van der Waals surface area contributed by atoms with Crippen molar-refractivity contribution in [3.8, 4) is 17.2 Å². The van der Waals surface area contributed by atoms with Gasteiger partial charge < -0.3 is 20.7 Å². The second-order valence-corrected chi connectivity index (χ2v) is 4.55. The van der Waals surface area contributed by atoms with Crippen LogP contribution in [-0.2, 0) is 6.42 Å². The van der Waals surface area contributed by atoms with Gasteiger partial charge in [-0.3, -0.25) is 0 Å². The zero-order chi connectivity index (χ0) is 11.8. The summed E-state index contributed by atoms with van der Waals surface area (Å²) in [4.78, 5) is 0. The van der Waals surface area contributed by atoms with Gasteiger partial charge in [-0.15, -0.1) is 0 Å². The molecule has 0 amide bonds. The fourth-order valence-corrected chi connectivity index (χ4v) is 1.97. The van der Waals surface area contributed by atoms with Gasteiger partial charge in [0.05, 0.1) is 7.11 Å². The number of phenols is 2. The second-order valence-electron chi connectivity index (χ2n) is 4.55. The van der Waals surface area contributed by atoms with Gasteiger partial charge in [0.1, 0.15) is 0 Å². The Bertz CT molecular complexity index is 399. The van der Waals surface area contributed by atoms with Crippen molar-refractivity contribution in [2.24, 2.45) is 11.1 Å². The van der Waals surface area contributed by atoms with E-state index in [0.29, 0.717) is 12.3 Å². The smallest absolute Gasteiger partial charge is 0.200 e. The standard InChI is InChI=1S/C12H17NO3/c1-16-10-5-8(4-9(14)11(10)15)6-12(7-13)2-3-12/h4-5,14-15H,2-3,6-7,13H2,1H3. The molecule has 2 rings (SSSR count). The molecule has 1 aromatic carbocycles. The zero-order valence-electron chi connectivity index (χ0n) is 9.36. The Morgan fingerprint density at radius 2 is 2.06 bits per heavy atom. The number of nitrogens with two attached hydrogens (primary N) is 1. The van der Waals surface area contributed by atoms with Gasteiger partial charge in [-0.2, -0.15) is 0 Å². The molecule has 0 atom stereocenters. The molecule has 0 unspecified atom stereocenters. The maximum Gasteiger partial charge on any atom is 0.200 e. The monoisotopic (exact) mass is 223 g/mol. The van der Waals surface area contributed by atoms with Gasteiger partial charge in [-0.25, -0.2) is 0 Å². The minimum absolute atomic E-state index is 0.137. The highest BCUT2D eigenvalue weighted by atomic mass is 16.5. The van der Waals surface area contributed by atoms with Gasteiger partial charge in [-0.1, -0.05) is 0 Å². The first-order chi connectivity index (χ1) is 7.60. The van der Waals surface area contributed by atoms with E-state index in [-0.39, 0.29) is 16.9 Å². The summed E-state index contributed by atoms with van der Waals surface area (Å²) in [5.41, 5.74) is 6.87. The molecule has 0 heterocycles. The first kappa shape index (κ1) is 11.1. The van der Waals surface area contributed by atoms with E-state index in [1.807, 2.05) is 0 Å². The van der Waals surface area contributed by atoms with Crippen molar-refractivity contribution in [1.29, 1.82) is 0 Å². The largest absolute Gasteiger partial charge is 0.504 e. The molecular formula is C12H17NO3. The lowest BCUT2D eigenvalue weighted by molar-refractivity contribution is 0.349. The van der Waals surface area contributed by atoms with Crippen LogP contribution in [0.2, 0.25) is 0 Å². The van der Waals surface area contributed by atoms with Gasteiger partial charge in [0.2, 0.25) is 5.75 Å².